The molecule has 0 atom stereocenters. The summed E-state index contributed by atoms with van der Waals surface area (Å²) in [7, 11) is 0. The van der Waals surface area contributed by atoms with E-state index in [1.54, 1.807) is 0 Å². The third-order valence-corrected chi connectivity index (χ3v) is 12.2. The van der Waals surface area contributed by atoms with Gasteiger partial charge < -0.3 is 4.90 Å². The Morgan fingerprint density at radius 1 is 0.520 bits per heavy atom. The third kappa shape index (κ3) is 4.33. The summed E-state index contributed by atoms with van der Waals surface area (Å²) >= 11 is 1.94. The highest BCUT2D eigenvalue weighted by molar-refractivity contribution is 7.26. The topological polar surface area (TPSA) is 3.24 Å². The van der Waals surface area contributed by atoms with Crippen LogP contribution in [0.5, 0.6) is 0 Å². The normalized spacial score (nSPS) is 12.6. The van der Waals surface area contributed by atoms with Crippen molar-refractivity contribution in [1.82, 2.24) is 0 Å². The van der Waals surface area contributed by atoms with Crippen molar-refractivity contribution in [1.29, 1.82) is 0 Å². The van der Waals surface area contributed by atoms with E-state index in [1.807, 2.05) is 11.3 Å². The van der Waals surface area contributed by atoms with E-state index in [4.69, 9.17) is 0 Å². The van der Waals surface area contributed by atoms with Crippen LogP contribution in [0.3, 0.4) is 0 Å². The lowest BCUT2D eigenvalue weighted by molar-refractivity contribution is 1.31. The van der Waals surface area contributed by atoms with Gasteiger partial charge in [0, 0.05) is 37.2 Å². The molecule has 50 heavy (non-hydrogen) atoms. The van der Waals surface area contributed by atoms with E-state index in [0.717, 1.165) is 0 Å². The first kappa shape index (κ1) is 29.3. The molecule has 0 N–H and O–H groups in total. The SMILES string of the molecule is CB1c2cc3ccccc3cc2N(c2ccc3ccccc3c2)c2cc3c(sc4ccccc43)c(-c3cccc(-c4ccccc4C)c3C)c21. The Balaban J connectivity index is 1.35. The minimum atomic E-state index is 0.174. The molecule has 236 valence electrons. The van der Waals surface area contributed by atoms with E-state index >= 15 is 0 Å². The van der Waals surface area contributed by atoms with Gasteiger partial charge in [0.1, 0.15) is 0 Å². The maximum absolute atomic E-state index is 2.56. The van der Waals surface area contributed by atoms with Crippen LogP contribution in [0.1, 0.15) is 11.1 Å². The molecule has 9 aromatic rings. The lowest BCUT2D eigenvalue weighted by atomic mass is 9.39. The summed E-state index contributed by atoms with van der Waals surface area (Å²) in [4.78, 5) is 2.56. The third-order valence-electron chi connectivity index (χ3n) is 11.0. The maximum Gasteiger partial charge on any atom is 0.212 e. The fourth-order valence-corrected chi connectivity index (χ4v) is 9.74. The van der Waals surface area contributed by atoms with Gasteiger partial charge in [-0.05, 0) is 105 Å². The van der Waals surface area contributed by atoms with Crippen molar-refractivity contribution in [3.05, 3.63) is 163 Å². The van der Waals surface area contributed by atoms with Crippen molar-refractivity contribution in [3.63, 3.8) is 0 Å². The fraction of sp³-hybridized carbons (Fsp3) is 0.0638. The quantitative estimate of drug-likeness (QED) is 0.171. The molecule has 1 aliphatic rings. The molecule has 2 heterocycles. The molecular formula is C47H34BNS. The van der Waals surface area contributed by atoms with Crippen LogP contribution in [0.25, 0.3) is 64.0 Å². The fourth-order valence-electron chi connectivity index (χ4n) is 8.49. The van der Waals surface area contributed by atoms with Gasteiger partial charge >= 0.3 is 0 Å². The van der Waals surface area contributed by atoms with Crippen molar-refractivity contribution in [3.8, 4) is 22.3 Å². The van der Waals surface area contributed by atoms with Crippen LogP contribution in [-0.2, 0) is 0 Å². The Morgan fingerprint density at radius 3 is 2.00 bits per heavy atom. The summed E-state index contributed by atoms with van der Waals surface area (Å²) in [6.45, 7) is 7.15. The number of hydrogen-bond donors (Lipinski definition) is 0. The van der Waals surface area contributed by atoms with Crippen LogP contribution in [0, 0.1) is 13.8 Å². The first-order valence-corrected chi connectivity index (χ1v) is 18.3. The van der Waals surface area contributed by atoms with Gasteiger partial charge in [-0.3, -0.25) is 0 Å². The largest absolute Gasteiger partial charge is 0.311 e. The van der Waals surface area contributed by atoms with Gasteiger partial charge in [0.25, 0.3) is 0 Å². The highest BCUT2D eigenvalue weighted by Crippen LogP contribution is 2.48. The van der Waals surface area contributed by atoms with E-state index in [-0.39, 0.29) is 6.71 Å². The van der Waals surface area contributed by atoms with Crippen LogP contribution in [0.15, 0.2) is 152 Å². The number of fused-ring (bicyclic) bond motifs is 7. The van der Waals surface area contributed by atoms with Crippen molar-refractivity contribution in [2.24, 2.45) is 0 Å². The lowest BCUT2D eigenvalue weighted by Crippen LogP contribution is -2.49. The van der Waals surface area contributed by atoms with E-state index in [2.05, 4.69) is 177 Å². The van der Waals surface area contributed by atoms with E-state index < -0.39 is 0 Å². The molecule has 0 amide bonds. The Kier molecular flexibility index (Phi) is 6.56. The standard InChI is InChI=1S/C47H34BNS/c1-29-13-4-9-18-36(29)37-20-12-21-38(30(37)2)45-46-43(28-40-39-19-10-11-22-44(39)50-47(40)45)49(35-24-23-31-14-5-6-15-32(31)25-35)42-27-34-17-8-7-16-33(34)26-41(42)48(46)3/h4-28H,1-3H3. The summed E-state index contributed by atoms with van der Waals surface area (Å²) in [6, 6.07) is 56.5. The van der Waals surface area contributed by atoms with Gasteiger partial charge in [-0.25, -0.2) is 0 Å². The molecule has 3 heteroatoms. The summed E-state index contributed by atoms with van der Waals surface area (Å²) in [5.74, 6) is 0. The number of anilines is 3. The molecule has 0 aliphatic carbocycles. The molecule has 0 bridgehead atoms. The van der Waals surface area contributed by atoms with Gasteiger partial charge in [-0.15, -0.1) is 11.3 Å². The Hall–Kier alpha value is -5.64. The first-order valence-electron chi connectivity index (χ1n) is 17.5. The number of thiophene rings is 1. The molecule has 1 aromatic heterocycles. The van der Waals surface area contributed by atoms with Gasteiger partial charge in [-0.2, -0.15) is 0 Å². The predicted octanol–water partition coefficient (Wildman–Crippen LogP) is 12.3. The number of nitrogens with zero attached hydrogens (tertiary/aromatic N) is 1. The zero-order chi connectivity index (χ0) is 33.5. The van der Waals surface area contributed by atoms with Crippen molar-refractivity contribution >= 4 is 87.8 Å². The van der Waals surface area contributed by atoms with E-state index in [1.165, 1.54) is 103 Å². The molecule has 0 spiro atoms. The zero-order valence-electron chi connectivity index (χ0n) is 28.4. The zero-order valence-corrected chi connectivity index (χ0v) is 29.2. The maximum atomic E-state index is 2.56. The molecule has 1 nitrogen and oxygen atoms in total. The number of aryl methyl sites for hydroxylation is 1. The Labute approximate surface area is 297 Å². The van der Waals surface area contributed by atoms with E-state index in [9.17, 15) is 0 Å². The van der Waals surface area contributed by atoms with Crippen LogP contribution in [-0.4, -0.2) is 6.71 Å². The molecule has 0 unspecified atom stereocenters. The highest BCUT2D eigenvalue weighted by atomic mass is 32.1. The molecule has 0 radical (unpaired) electrons. The molecule has 1 aliphatic heterocycles. The van der Waals surface area contributed by atoms with E-state index in [0.29, 0.717) is 0 Å². The molecule has 0 fully saturated rings. The number of hydrogen-bond acceptors (Lipinski definition) is 2. The summed E-state index contributed by atoms with van der Waals surface area (Å²) in [5.41, 5.74) is 14.4. The van der Waals surface area contributed by atoms with Crippen LogP contribution in [0.4, 0.5) is 17.1 Å². The molecule has 10 rings (SSSR count). The van der Waals surface area contributed by atoms with Crippen LogP contribution < -0.4 is 15.8 Å². The van der Waals surface area contributed by atoms with Crippen molar-refractivity contribution in [2.75, 3.05) is 4.90 Å². The molecular weight excluding hydrogens is 621 g/mol. The molecule has 8 aromatic carbocycles. The second-order valence-corrected chi connectivity index (χ2v) is 14.9. The molecule has 0 saturated heterocycles. The number of rotatable bonds is 3. The Bertz CT molecular complexity index is 2830. The minimum absolute atomic E-state index is 0.174. The summed E-state index contributed by atoms with van der Waals surface area (Å²) < 4.78 is 2.69. The van der Waals surface area contributed by atoms with Crippen LogP contribution in [0.2, 0.25) is 6.82 Å². The Morgan fingerprint density at radius 2 is 1.18 bits per heavy atom. The number of benzene rings is 8. The predicted molar refractivity (Wildman–Crippen MR) is 220 cm³/mol. The summed E-state index contributed by atoms with van der Waals surface area (Å²) in [5, 5.41) is 7.68. The second kappa shape index (κ2) is 11.2. The average Bonchev–Trinajstić information content (AvgIpc) is 3.52. The van der Waals surface area contributed by atoms with Crippen molar-refractivity contribution in [2.45, 2.75) is 20.7 Å². The highest BCUT2D eigenvalue weighted by Gasteiger charge is 2.36. The van der Waals surface area contributed by atoms with Gasteiger partial charge in [0.05, 0.1) is 0 Å². The van der Waals surface area contributed by atoms with Crippen molar-refractivity contribution < 1.29 is 0 Å². The van der Waals surface area contributed by atoms with Gasteiger partial charge in [0.15, 0.2) is 0 Å². The summed E-state index contributed by atoms with van der Waals surface area (Å²) in [6.07, 6.45) is 0. The van der Waals surface area contributed by atoms with Gasteiger partial charge in [-0.1, -0.05) is 134 Å². The average molecular weight is 656 g/mol. The molecule has 0 saturated carbocycles. The lowest BCUT2D eigenvalue weighted by Gasteiger charge is -2.38. The first-order chi connectivity index (χ1) is 24.5. The minimum Gasteiger partial charge on any atom is -0.311 e. The second-order valence-electron chi connectivity index (χ2n) is 13.8. The van der Waals surface area contributed by atoms with Gasteiger partial charge in [0.2, 0.25) is 6.71 Å². The van der Waals surface area contributed by atoms with Crippen LogP contribution >= 0.6 is 11.3 Å². The monoisotopic (exact) mass is 655 g/mol. The smallest absolute Gasteiger partial charge is 0.212 e.